The van der Waals surface area contributed by atoms with Crippen LogP contribution in [0, 0.1) is 0 Å². The molecule has 0 bridgehead atoms. The average Bonchev–Trinajstić information content (AvgIpc) is 2.73. The Hall–Kier alpha value is -0.770. The van der Waals surface area contributed by atoms with Gasteiger partial charge in [0.05, 0.1) is 79.1 Å². The molecule has 8 nitrogen and oxygen atoms in total. The lowest BCUT2D eigenvalue weighted by molar-refractivity contribution is -0.156. The Kier molecular flexibility index (Phi) is 22.8. The van der Waals surface area contributed by atoms with Crippen molar-refractivity contribution >= 4 is 5.97 Å². The molecule has 0 spiro atoms. The van der Waals surface area contributed by atoms with Gasteiger partial charge in [0.2, 0.25) is 0 Å². The van der Waals surface area contributed by atoms with Gasteiger partial charge in [-0.05, 0) is 27.2 Å². The zero-order chi connectivity index (χ0) is 23.8. The fraction of sp³-hybridized carbons (Fsp3) is 0.958. The van der Waals surface area contributed by atoms with Crippen LogP contribution in [0.15, 0.2) is 0 Å². The lowest BCUT2D eigenvalue weighted by atomic mass is 10.2. The topological polar surface area (TPSA) is 81.7 Å². The maximum atomic E-state index is 11.5. The van der Waals surface area contributed by atoms with E-state index in [1.807, 2.05) is 20.8 Å². The first-order chi connectivity index (χ1) is 15.5. The molecule has 0 aliphatic rings. The number of hydrogen-bond donors (Lipinski definition) is 0. The Morgan fingerprint density at radius 2 is 0.906 bits per heavy atom. The number of hydrogen-bond acceptors (Lipinski definition) is 8. The molecule has 0 aromatic carbocycles. The first-order valence-electron chi connectivity index (χ1n) is 12.1. The number of esters is 1. The molecule has 0 heterocycles. The second-order valence-corrected chi connectivity index (χ2v) is 8.42. The lowest BCUT2D eigenvalue weighted by Gasteiger charge is -2.19. The highest BCUT2D eigenvalue weighted by Crippen LogP contribution is 2.08. The van der Waals surface area contributed by atoms with Crippen LogP contribution in [0.2, 0.25) is 0 Å². The Morgan fingerprint density at radius 1 is 0.531 bits per heavy atom. The van der Waals surface area contributed by atoms with Crippen molar-refractivity contribution in [3.63, 3.8) is 0 Å². The summed E-state index contributed by atoms with van der Waals surface area (Å²) in [6, 6.07) is 0. The molecule has 0 saturated carbocycles. The molecule has 8 heteroatoms. The van der Waals surface area contributed by atoms with Crippen LogP contribution in [0.5, 0.6) is 0 Å². The van der Waals surface area contributed by atoms with Crippen molar-refractivity contribution in [1.29, 1.82) is 0 Å². The highest BCUT2D eigenvalue weighted by molar-refractivity contribution is 5.69. The molecule has 32 heavy (non-hydrogen) atoms. The first-order valence-corrected chi connectivity index (χ1v) is 12.1. The van der Waals surface area contributed by atoms with Crippen molar-refractivity contribution in [1.82, 2.24) is 0 Å². The van der Waals surface area contributed by atoms with Crippen LogP contribution in [-0.4, -0.2) is 90.9 Å². The Bertz CT molecular complexity index is 398. The Morgan fingerprint density at radius 3 is 1.31 bits per heavy atom. The number of ether oxygens (including phenoxy) is 7. The second-order valence-electron chi connectivity index (χ2n) is 8.42. The summed E-state index contributed by atoms with van der Waals surface area (Å²) < 4.78 is 37.8. The maximum Gasteiger partial charge on any atom is 0.308 e. The third kappa shape index (κ3) is 27.3. The van der Waals surface area contributed by atoms with Gasteiger partial charge in [0.25, 0.3) is 0 Å². The Balaban J connectivity index is 3.10. The largest absolute Gasteiger partial charge is 0.460 e. The standard InChI is InChI=1S/C24H48O8/c1-5-6-7-8-9-11-26-13-15-28-17-19-30-21-22-31-20-18-29-16-14-27-12-10-23(25)32-24(2,3)4/h5-22H2,1-4H3. The van der Waals surface area contributed by atoms with Crippen LogP contribution in [0.25, 0.3) is 0 Å². The van der Waals surface area contributed by atoms with Gasteiger partial charge in [0.15, 0.2) is 0 Å². The highest BCUT2D eigenvalue weighted by atomic mass is 16.6. The summed E-state index contributed by atoms with van der Waals surface area (Å²) in [4.78, 5) is 11.5. The monoisotopic (exact) mass is 464 g/mol. The zero-order valence-electron chi connectivity index (χ0n) is 21.0. The maximum absolute atomic E-state index is 11.5. The molecule has 0 fully saturated rings. The van der Waals surface area contributed by atoms with E-state index in [0.29, 0.717) is 72.7 Å². The van der Waals surface area contributed by atoms with Gasteiger partial charge in [-0.15, -0.1) is 0 Å². The van der Waals surface area contributed by atoms with Gasteiger partial charge in [0, 0.05) is 6.61 Å². The summed E-state index contributed by atoms with van der Waals surface area (Å²) in [7, 11) is 0. The van der Waals surface area contributed by atoms with Crippen molar-refractivity contribution in [2.24, 2.45) is 0 Å². The minimum absolute atomic E-state index is 0.248. The van der Waals surface area contributed by atoms with Gasteiger partial charge in [-0.1, -0.05) is 32.6 Å². The molecule has 0 aromatic heterocycles. The van der Waals surface area contributed by atoms with Crippen LogP contribution in [0.1, 0.15) is 66.2 Å². The van der Waals surface area contributed by atoms with Crippen molar-refractivity contribution in [2.75, 3.05) is 79.3 Å². The third-order valence-electron chi connectivity index (χ3n) is 4.12. The van der Waals surface area contributed by atoms with E-state index in [2.05, 4.69) is 6.92 Å². The van der Waals surface area contributed by atoms with Crippen LogP contribution >= 0.6 is 0 Å². The van der Waals surface area contributed by atoms with E-state index in [0.717, 1.165) is 13.0 Å². The zero-order valence-corrected chi connectivity index (χ0v) is 21.0. The molecule has 0 saturated heterocycles. The fourth-order valence-electron chi connectivity index (χ4n) is 2.56. The smallest absolute Gasteiger partial charge is 0.308 e. The number of carbonyl (C=O) groups is 1. The summed E-state index contributed by atoms with van der Waals surface area (Å²) in [5, 5.41) is 0. The summed E-state index contributed by atoms with van der Waals surface area (Å²) in [6.45, 7) is 14.3. The third-order valence-corrected chi connectivity index (χ3v) is 4.12. The van der Waals surface area contributed by atoms with E-state index >= 15 is 0 Å². The molecular weight excluding hydrogens is 416 g/mol. The SMILES string of the molecule is CCCCCCCOCCOCCOCCOCCOCCOCCC(=O)OC(C)(C)C. The molecular formula is C24H48O8. The molecule has 0 radical (unpaired) electrons. The van der Waals surface area contributed by atoms with Gasteiger partial charge in [-0.2, -0.15) is 0 Å². The number of rotatable bonds is 24. The van der Waals surface area contributed by atoms with E-state index in [4.69, 9.17) is 33.2 Å². The van der Waals surface area contributed by atoms with Crippen LogP contribution in [0.3, 0.4) is 0 Å². The molecule has 0 aliphatic carbocycles. The van der Waals surface area contributed by atoms with Gasteiger partial charge in [-0.3, -0.25) is 4.79 Å². The predicted molar refractivity (Wildman–Crippen MR) is 124 cm³/mol. The van der Waals surface area contributed by atoms with E-state index in [-0.39, 0.29) is 12.4 Å². The highest BCUT2D eigenvalue weighted by Gasteiger charge is 2.15. The van der Waals surface area contributed by atoms with Crippen molar-refractivity contribution in [3.8, 4) is 0 Å². The van der Waals surface area contributed by atoms with Gasteiger partial charge in [0.1, 0.15) is 5.60 Å². The Labute approximate surface area is 195 Å². The minimum Gasteiger partial charge on any atom is -0.460 e. The second kappa shape index (κ2) is 23.4. The summed E-state index contributed by atoms with van der Waals surface area (Å²) in [6.07, 6.45) is 6.53. The number of carbonyl (C=O) groups excluding carboxylic acids is 1. The minimum atomic E-state index is -0.457. The van der Waals surface area contributed by atoms with Crippen molar-refractivity contribution in [3.05, 3.63) is 0 Å². The van der Waals surface area contributed by atoms with Crippen molar-refractivity contribution in [2.45, 2.75) is 71.8 Å². The molecule has 192 valence electrons. The molecule has 0 amide bonds. The molecule has 0 aromatic rings. The molecule has 0 atom stereocenters. The summed E-state index contributed by atoms with van der Waals surface area (Å²) in [5.41, 5.74) is -0.457. The van der Waals surface area contributed by atoms with Crippen LogP contribution < -0.4 is 0 Å². The number of unbranched alkanes of at least 4 members (excludes halogenated alkanes) is 4. The van der Waals surface area contributed by atoms with Crippen LogP contribution in [-0.2, 0) is 38.0 Å². The lowest BCUT2D eigenvalue weighted by Crippen LogP contribution is -2.24. The van der Waals surface area contributed by atoms with E-state index in [9.17, 15) is 4.79 Å². The normalized spacial score (nSPS) is 11.8. The first kappa shape index (κ1) is 31.2. The molecule has 0 rings (SSSR count). The summed E-state index contributed by atoms with van der Waals surface area (Å²) in [5.74, 6) is -0.252. The molecule has 0 unspecified atom stereocenters. The van der Waals surface area contributed by atoms with Gasteiger partial charge in [-0.25, -0.2) is 0 Å². The van der Waals surface area contributed by atoms with Gasteiger partial charge < -0.3 is 33.2 Å². The van der Waals surface area contributed by atoms with Crippen molar-refractivity contribution < 1.29 is 38.0 Å². The van der Waals surface area contributed by atoms with Gasteiger partial charge >= 0.3 is 5.97 Å². The fourth-order valence-corrected chi connectivity index (χ4v) is 2.56. The molecule has 0 N–H and O–H groups in total. The summed E-state index contributed by atoms with van der Waals surface area (Å²) >= 11 is 0. The quantitative estimate of drug-likeness (QED) is 0.158. The predicted octanol–water partition coefficient (Wildman–Crippen LogP) is 3.79. The molecule has 0 aliphatic heterocycles. The van der Waals surface area contributed by atoms with Crippen LogP contribution in [0.4, 0.5) is 0 Å². The van der Waals surface area contributed by atoms with E-state index in [1.54, 1.807) is 0 Å². The average molecular weight is 465 g/mol. The van der Waals surface area contributed by atoms with E-state index < -0.39 is 5.60 Å². The van der Waals surface area contributed by atoms with E-state index in [1.165, 1.54) is 25.7 Å².